The number of aromatic nitrogens is 1. The molecule has 0 unspecified atom stereocenters. The molecule has 7 nitrogen and oxygen atoms in total. The minimum absolute atomic E-state index is 0.138. The lowest BCUT2D eigenvalue weighted by Gasteiger charge is -2.07. The van der Waals surface area contributed by atoms with Crippen molar-refractivity contribution in [1.29, 1.82) is 0 Å². The Morgan fingerprint density at radius 2 is 1.89 bits per heavy atom. The molecule has 0 aliphatic rings. The number of thiazole rings is 1. The van der Waals surface area contributed by atoms with E-state index in [2.05, 4.69) is 9.71 Å². The van der Waals surface area contributed by atoms with Crippen LogP contribution in [0.2, 0.25) is 0 Å². The second-order valence-electron chi connectivity index (χ2n) is 5.96. The first-order chi connectivity index (χ1) is 12.8. The molecule has 27 heavy (non-hydrogen) atoms. The normalized spacial score (nSPS) is 11.7. The summed E-state index contributed by atoms with van der Waals surface area (Å²) in [6.07, 6.45) is 0. The van der Waals surface area contributed by atoms with E-state index in [9.17, 15) is 18.5 Å². The van der Waals surface area contributed by atoms with Gasteiger partial charge in [-0.25, -0.2) is 13.4 Å². The second kappa shape index (κ2) is 6.29. The molecule has 1 N–H and O–H groups in total. The number of sulfonamides is 1. The van der Waals surface area contributed by atoms with Gasteiger partial charge >= 0.3 is 0 Å². The molecule has 1 aromatic heterocycles. The summed E-state index contributed by atoms with van der Waals surface area (Å²) in [4.78, 5) is 14.6. The monoisotopic (exact) mass is 399 g/mol. The molecule has 1 heterocycles. The second-order valence-corrected chi connectivity index (χ2v) is 8.65. The Balaban J connectivity index is 1.78. The highest BCUT2D eigenvalue weighted by Gasteiger charge is 2.22. The number of nitro benzene ring substituents is 1. The topological polar surface area (TPSA) is 102 Å². The Hall–Kier alpha value is -3.04. The summed E-state index contributed by atoms with van der Waals surface area (Å²) in [5.41, 5.74) is 0.850. The predicted octanol–water partition coefficient (Wildman–Crippen LogP) is 4.47. The maximum atomic E-state index is 12.8. The van der Waals surface area contributed by atoms with Crippen LogP contribution in [0.25, 0.3) is 21.0 Å². The molecule has 4 aromatic rings. The Kier molecular flexibility index (Phi) is 4.05. The van der Waals surface area contributed by atoms with Crippen LogP contribution in [0.4, 0.5) is 10.8 Å². The first-order valence-corrected chi connectivity index (χ1v) is 10.2. The van der Waals surface area contributed by atoms with Crippen LogP contribution in [0.1, 0.15) is 5.56 Å². The van der Waals surface area contributed by atoms with Gasteiger partial charge in [0, 0.05) is 17.5 Å². The molecule has 0 fully saturated rings. The van der Waals surface area contributed by atoms with Crippen LogP contribution in [0.3, 0.4) is 0 Å². The predicted molar refractivity (Wildman–Crippen MR) is 106 cm³/mol. The molecule has 0 bridgehead atoms. The van der Waals surface area contributed by atoms with Crippen LogP contribution >= 0.6 is 11.3 Å². The number of nitro groups is 1. The number of non-ortho nitro benzene ring substituents is 1. The molecule has 0 atom stereocenters. The summed E-state index contributed by atoms with van der Waals surface area (Å²) < 4.78 is 28.8. The summed E-state index contributed by atoms with van der Waals surface area (Å²) in [6, 6.07) is 15.3. The van der Waals surface area contributed by atoms with E-state index in [1.807, 2.05) is 36.4 Å². The van der Waals surface area contributed by atoms with Gasteiger partial charge in [-0.2, -0.15) is 0 Å². The summed E-state index contributed by atoms with van der Waals surface area (Å²) in [5, 5.41) is 13.1. The molecule has 9 heteroatoms. The number of fused-ring (bicyclic) bond motifs is 3. The maximum Gasteiger partial charge on any atom is 0.270 e. The molecular weight excluding hydrogens is 386 g/mol. The fourth-order valence-corrected chi connectivity index (χ4v) is 5.25. The lowest BCUT2D eigenvalue weighted by Crippen LogP contribution is -2.14. The van der Waals surface area contributed by atoms with E-state index in [-0.39, 0.29) is 15.7 Å². The van der Waals surface area contributed by atoms with Crippen LogP contribution in [-0.2, 0) is 10.0 Å². The summed E-state index contributed by atoms with van der Waals surface area (Å²) in [5.74, 6) is 0. The Labute approximate surface area is 158 Å². The number of nitrogens with one attached hydrogen (secondary N) is 1. The fourth-order valence-electron chi connectivity index (χ4n) is 2.87. The van der Waals surface area contributed by atoms with Gasteiger partial charge in [0.2, 0.25) is 0 Å². The van der Waals surface area contributed by atoms with Crippen LogP contribution in [-0.4, -0.2) is 18.3 Å². The average Bonchev–Trinajstić information content (AvgIpc) is 3.03. The third kappa shape index (κ3) is 3.11. The highest BCUT2D eigenvalue weighted by molar-refractivity contribution is 7.93. The fraction of sp³-hybridized carbons (Fsp3) is 0.0556. The highest BCUT2D eigenvalue weighted by Crippen LogP contribution is 2.33. The van der Waals surface area contributed by atoms with Gasteiger partial charge in [-0.3, -0.25) is 14.8 Å². The number of nitrogens with zero attached hydrogens (tertiary/aromatic N) is 2. The van der Waals surface area contributed by atoms with E-state index in [0.717, 1.165) is 21.5 Å². The molecule has 0 saturated heterocycles. The molecule has 0 spiro atoms. The van der Waals surface area contributed by atoms with E-state index in [4.69, 9.17) is 0 Å². The molecule has 0 amide bonds. The summed E-state index contributed by atoms with van der Waals surface area (Å²) in [6.45, 7) is 1.59. The molecule has 4 rings (SSSR count). The van der Waals surface area contributed by atoms with Crippen molar-refractivity contribution in [3.8, 4) is 0 Å². The summed E-state index contributed by atoms with van der Waals surface area (Å²) in [7, 11) is -4.01. The SMILES string of the molecule is Cc1ccc([N+](=O)[O-])cc1S(=O)(=O)Nc1nc2c(ccc3ccccc32)s1. The third-order valence-electron chi connectivity index (χ3n) is 4.18. The number of hydrogen-bond acceptors (Lipinski definition) is 6. The van der Waals surface area contributed by atoms with Gasteiger partial charge in [0.15, 0.2) is 5.13 Å². The van der Waals surface area contributed by atoms with Crippen molar-refractivity contribution in [2.45, 2.75) is 11.8 Å². The Morgan fingerprint density at radius 3 is 2.67 bits per heavy atom. The number of anilines is 1. The quantitative estimate of drug-likeness (QED) is 0.403. The smallest absolute Gasteiger partial charge is 0.258 e. The van der Waals surface area contributed by atoms with E-state index in [1.165, 1.54) is 23.5 Å². The zero-order valence-corrected chi connectivity index (χ0v) is 15.7. The number of benzene rings is 3. The number of aryl methyl sites for hydroxylation is 1. The minimum Gasteiger partial charge on any atom is -0.258 e. The van der Waals surface area contributed by atoms with Gasteiger partial charge in [-0.15, -0.1) is 0 Å². The average molecular weight is 399 g/mol. The van der Waals surface area contributed by atoms with Crippen LogP contribution in [0, 0.1) is 17.0 Å². The summed E-state index contributed by atoms with van der Waals surface area (Å²) >= 11 is 1.21. The van der Waals surface area contributed by atoms with Crippen LogP contribution in [0.5, 0.6) is 0 Å². The van der Waals surface area contributed by atoms with Crippen molar-refractivity contribution in [3.05, 3.63) is 70.3 Å². The molecule has 0 aliphatic carbocycles. The van der Waals surface area contributed by atoms with Crippen molar-refractivity contribution in [3.63, 3.8) is 0 Å². The molecular formula is C18H13N3O4S2. The Morgan fingerprint density at radius 1 is 1.11 bits per heavy atom. The zero-order valence-electron chi connectivity index (χ0n) is 14.0. The first kappa shape index (κ1) is 17.4. The molecule has 0 aliphatic heterocycles. The van der Waals surface area contributed by atoms with Gasteiger partial charge in [0.25, 0.3) is 15.7 Å². The molecule has 0 radical (unpaired) electrons. The van der Waals surface area contributed by atoms with Crippen molar-refractivity contribution in [2.75, 3.05) is 4.72 Å². The van der Waals surface area contributed by atoms with Crippen LogP contribution in [0.15, 0.2) is 59.5 Å². The first-order valence-electron chi connectivity index (χ1n) is 7.91. The zero-order chi connectivity index (χ0) is 19.2. The van der Waals surface area contributed by atoms with E-state index in [1.54, 1.807) is 6.92 Å². The van der Waals surface area contributed by atoms with Crippen LogP contribution < -0.4 is 4.72 Å². The van der Waals surface area contributed by atoms with Crippen molar-refractivity contribution in [2.24, 2.45) is 0 Å². The minimum atomic E-state index is -4.01. The van der Waals surface area contributed by atoms with E-state index >= 15 is 0 Å². The highest BCUT2D eigenvalue weighted by atomic mass is 32.2. The van der Waals surface area contributed by atoms with Gasteiger partial charge in [0.05, 0.1) is 20.0 Å². The number of hydrogen-bond donors (Lipinski definition) is 1. The van der Waals surface area contributed by atoms with Gasteiger partial charge in [0.1, 0.15) is 0 Å². The molecule has 0 saturated carbocycles. The lowest BCUT2D eigenvalue weighted by atomic mass is 10.1. The largest absolute Gasteiger partial charge is 0.270 e. The maximum absolute atomic E-state index is 12.8. The Bertz CT molecular complexity index is 1310. The van der Waals surface area contributed by atoms with Crippen molar-refractivity contribution in [1.82, 2.24) is 4.98 Å². The van der Waals surface area contributed by atoms with Gasteiger partial charge in [-0.1, -0.05) is 47.7 Å². The van der Waals surface area contributed by atoms with E-state index < -0.39 is 14.9 Å². The van der Waals surface area contributed by atoms with Gasteiger partial charge in [-0.05, 0) is 23.9 Å². The van der Waals surface area contributed by atoms with Crippen molar-refractivity contribution < 1.29 is 13.3 Å². The van der Waals surface area contributed by atoms with E-state index in [0.29, 0.717) is 11.1 Å². The van der Waals surface area contributed by atoms with Gasteiger partial charge < -0.3 is 0 Å². The standard InChI is InChI=1S/C18H13N3O4S2/c1-11-6-8-13(21(22)23)10-16(11)27(24,25)20-18-19-17-14-5-3-2-4-12(14)7-9-15(17)26-18/h2-10H,1H3,(H,19,20). The molecule has 136 valence electrons. The third-order valence-corrected chi connectivity index (χ3v) is 6.72. The molecule has 3 aromatic carbocycles. The lowest BCUT2D eigenvalue weighted by molar-refractivity contribution is -0.385. The number of rotatable bonds is 4. The van der Waals surface area contributed by atoms with Crippen molar-refractivity contribution >= 4 is 53.2 Å².